The van der Waals surface area contributed by atoms with Crippen LogP contribution in [0.25, 0.3) is 11.0 Å². The molecule has 1 aromatic heterocycles. The predicted octanol–water partition coefficient (Wildman–Crippen LogP) is 5.28. The molecule has 1 saturated carbocycles. The van der Waals surface area contributed by atoms with Crippen LogP contribution in [0.2, 0.25) is 0 Å². The van der Waals surface area contributed by atoms with Crippen LogP contribution in [0.3, 0.4) is 0 Å². The first kappa shape index (κ1) is 14.3. The molecule has 2 atom stereocenters. The van der Waals surface area contributed by atoms with Crippen LogP contribution in [0.4, 0.5) is 4.39 Å². The fraction of sp³-hybridized carbons (Fsp3) is 0.533. The Kier molecular flexibility index (Phi) is 3.80. The molecule has 1 aromatic carbocycles. The van der Waals surface area contributed by atoms with Gasteiger partial charge in [-0.25, -0.2) is 9.37 Å². The second-order valence-corrected chi connectivity index (χ2v) is 7.28. The highest BCUT2D eigenvalue weighted by Gasteiger charge is 2.29. The van der Waals surface area contributed by atoms with Gasteiger partial charge in [-0.15, -0.1) is 11.6 Å². The Morgan fingerprint density at radius 1 is 1.45 bits per heavy atom. The average molecular weight is 360 g/mol. The quantitative estimate of drug-likeness (QED) is 0.679. The number of imidazole rings is 1. The van der Waals surface area contributed by atoms with Gasteiger partial charge in [0.1, 0.15) is 11.6 Å². The molecule has 1 aliphatic carbocycles. The topological polar surface area (TPSA) is 17.8 Å². The van der Waals surface area contributed by atoms with Gasteiger partial charge in [0.05, 0.1) is 20.9 Å². The Morgan fingerprint density at radius 2 is 2.15 bits per heavy atom. The summed E-state index contributed by atoms with van der Waals surface area (Å²) in [7, 11) is 0. The largest absolute Gasteiger partial charge is 0.326 e. The Balaban J connectivity index is 2.09. The maximum absolute atomic E-state index is 13.8. The molecule has 2 unspecified atom stereocenters. The van der Waals surface area contributed by atoms with Crippen LogP contribution >= 0.6 is 27.5 Å². The fourth-order valence-electron chi connectivity index (χ4n) is 2.74. The van der Waals surface area contributed by atoms with Gasteiger partial charge in [0.15, 0.2) is 0 Å². The molecular formula is C15H17BrClFN2. The normalized spacial score (nSPS) is 18.4. The molecule has 1 aliphatic rings. The number of aromatic nitrogens is 2. The summed E-state index contributed by atoms with van der Waals surface area (Å²) in [5.74, 6) is 1.94. The summed E-state index contributed by atoms with van der Waals surface area (Å²) in [6.45, 7) is 5.02. The van der Waals surface area contributed by atoms with Gasteiger partial charge >= 0.3 is 0 Å². The van der Waals surface area contributed by atoms with Gasteiger partial charge < -0.3 is 4.57 Å². The lowest BCUT2D eigenvalue weighted by molar-refractivity contribution is 0.428. The van der Waals surface area contributed by atoms with E-state index in [2.05, 4.69) is 32.4 Å². The molecule has 0 spiro atoms. The second-order valence-electron chi connectivity index (χ2n) is 5.77. The lowest BCUT2D eigenvalue weighted by Crippen LogP contribution is -2.12. The highest BCUT2D eigenvalue weighted by atomic mass is 79.9. The van der Waals surface area contributed by atoms with Crippen LogP contribution in [0.15, 0.2) is 16.6 Å². The van der Waals surface area contributed by atoms with E-state index in [4.69, 9.17) is 11.6 Å². The molecule has 2 nitrogen and oxygen atoms in total. The van der Waals surface area contributed by atoms with E-state index < -0.39 is 0 Å². The van der Waals surface area contributed by atoms with E-state index >= 15 is 0 Å². The predicted molar refractivity (Wildman–Crippen MR) is 83.5 cm³/mol. The first-order valence-electron chi connectivity index (χ1n) is 6.96. The Morgan fingerprint density at radius 3 is 2.75 bits per heavy atom. The molecule has 1 heterocycles. The molecule has 5 heteroatoms. The van der Waals surface area contributed by atoms with Crippen LogP contribution in [0, 0.1) is 17.7 Å². The zero-order valence-electron chi connectivity index (χ0n) is 11.5. The van der Waals surface area contributed by atoms with Crippen molar-refractivity contribution in [3.8, 4) is 0 Å². The minimum atomic E-state index is -0.258. The van der Waals surface area contributed by atoms with Crippen molar-refractivity contribution in [2.75, 3.05) is 0 Å². The van der Waals surface area contributed by atoms with Gasteiger partial charge in [-0.3, -0.25) is 0 Å². The molecule has 2 aromatic rings. The van der Waals surface area contributed by atoms with Crippen molar-refractivity contribution in [2.45, 2.75) is 38.6 Å². The van der Waals surface area contributed by atoms with Crippen molar-refractivity contribution in [3.05, 3.63) is 28.2 Å². The van der Waals surface area contributed by atoms with E-state index in [0.29, 0.717) is 10.4 Å². The van der Waals surface area contributed by atoms with Crippen LogP contribution in [0.1, 0.15) is 37.9 Å². The highest BCUT2D eigenvalue weighted by molar-refractivity contribution is 9.10. The maximum atomic E-state index is 13.8. The summed E-state index contributed by atoms with van der Waals surface area (Å²) in [6, 6.07) is 3.28. The molecule has 0 N–H and O–H groups in total. The molecule has 0 bridgehead atoms. The number of nitrogens with zero attached hydrogens (tertiary/aromatic N) is 2. The molecule has 108 valence electrons. The van der Waals surface area contributed by atoms with Gasteiger partial charge in [0.25, 0.3) is 0 Å². The zero-order chi connectivity index (χ0) is 14.4. The SMILES string of the molecule is CC(Cl)c1nc2cc(Br)c(F)cc2n1CC(C)C1CC1. The first-order valence-corrected chi connectivity index (χ1v) is 8.19. The fourth-order valence-corrected chi connectivity index (χ4v) is 3.23. The molecule has 0 radical (unpaired) electrons. The van der Waals surface area contributed by atoms with E-state index in [1.165, 1.54) is 12.8 Å². The van der Waals surface area contributed by atoms with E-state index in [1.54, 1.807) is 12.1 Å². The first-order chi connectivity index (χ1) is 9.47. The molecule has 3 rings (SSSR count). The van der Waals surface area contributed by atoms with Crippen molar-refractivity contribution in [1.29, 1.82) is 0 Å². The molecule has 0 aliphatic heterocycles. The third-order valence-corrected chi connectivity index (χ3v) is 4.88. The maximum Gasteiger partial charge on any atom is 0.139 e. The Labute approximate surface area is 131 Å². The van der Waals surface area contributed by atoms with Crippen molar-refractivity contribution in [2.24, 2.45) is 11.8 Å². The third-order valence-electron chi connectivity index (χ3n) is 4.07. The number of benzene rings is 1. The molecular weight excluding hydrogens is 343 g/mol. The summed E-state index contributed by atoms with van der Waals surface area (Å²) in [5, 5.41) is -0.185. The van der Waals surface area contributed by atoms with E-state index in [-0.39, 0.29) is 11.2 Å². The lowest BCUT2D eigenvalue weighted by Gasteiger charge is -2.15. The summed E-state index contributed by atoms with van der Waals surface area (Å²) < 4.78 is 16.4. The lowest BCUT2D eigenvalue weighted by atomic mass is 10.1. The standard InChI is InChI=1S/C15H17BrClFN2/c1-8(10-3-4-10)7-20-14-6-12(18)11(16)5-13(14)19-15(20)9(2)17/h5-6,8-10H,3-4,7H2,1-2H3. The third kappa shape index (κ3) is 2.60. The van der Waals surface area contributed by atoms with Crippen molar-refractivity contribution < 1.29 is 4.39 Å². The number of hydrogen-bond donors (Lipinski definition) is 0. The number of hydrogen-bond acceptors (Lipinski definition) is 1. The Bertz CT molecular complexity index is 649. The number of rotatable bonds is 4. The van der Waals surface area contributed by atoms with Crippen LogP contribution in [-0.2, 0) is 6.54 Å². The van der Waals surface area contributed by atoms with Crippen LogP contribution in [0.5, 0.6) is 0 Å². The second kappa shape index (κ2) is 5.30. The molecule has 20 heavy (non-hydrogen) atoms. The van der Waals surface area contributed by atoms with Gasteiger partial charge in [0, 0.05) is 12.6 Å². The van der Waals surface area contributed by atoms with Crippen LogP contribution in [-0.4, -0.2) is 9.55 Å². The molecule has 0 saturated heterocycles. The minimum Gasteiger partial charge on any atom is -0.326 e. The Hall–Kier alpha value is -0.610. The summed E-state index contributed by atoms with van der Waals surface area (Å²) in [4.78, 5) is 4.58. The summed E-state index contributed by atoms with van der Waals surface area (Å²) >= 11 is 9.46. The summed E-state index contributed by atoms with van der Waals surface area (Å²) in [5.41, 5.74) is 1.63. The molecule has 1 fully saturated rings. The monoisotopic (exact) mass is 358 g/mol. The van der Waals surface area contributed by atoms with Gasteiger partial charge in [-0.2, -0.15) is 0 Å². The van der Waals surface area contributed by atoms with Crippen LogP contribution < -0.4 is 0 Å². The van der Waals surface area contributed by atoms with Gasteiger partial charge in [0.2, 0.25) is 0 Å². The average Bonchev–Trinajstić information content (AvgIpc) is 3.17. The van der Waals surface area contributed by atoms with Crippen molar-refractivity contribution >= 4 is 38.6 Å². The highest BCUT2D eigenvalue weighted by Crippen LogP contribution is 2.38. The molecule has 0 amide bonds. The van der Waals surface area contributed by atoms with E-state index in [9.17, 15) is 4.39 Å². The minimum absolute atomic E-state index is 0.185. The van der Waals surface area contributed by atoms with Gasteiger partial charge in [-0.1, -0.05) is 6.92 Å². The van der Waals surface area contributed by atoms with E-state index in [0.717, 1.165) is 29.3 Å². The van der Waals surface area contributed by atoms with Crippen molar-refractivity contribution in [3.63, 3.8) is 0 Å². The van der Waals surface area contributed by atoms with Crippen molar-refractivity contribution in [1.82, 2.24) is 9.55 Å². The zero-order valence-corrected chi connectivity index (χ0v) is 13.9. The number of halogens is 3. The number of fused-ring (bicyclic) bond motifs is 1. The number of alkyl halides is 1. The summed E-state index contributed by atoms with van der Waals surface area (Å²) in [6.07, 6.45) is 2.61. The smallest absolute Gasteiger partial charge is 0.139 e. The van der Waals surface area contributed by atoms with Gasteiger partial charge in [-0.05, 0) is 53.6 Å². The van der Waals surface area contributed by atoms with E-state index in [1.807, 2.05) is 6.92 Å².